The molecule has 1 fully saturated rings. The highest BCUT2D eigenvalue weighted by molar-refractivity contribution is 5.39. The molecule has 0 aliphatic carbocycles. The van der Waals surface area contributed by atoms with E-state index in [0.717, 1.165) is 30.8 Å². The Kier molecular flexibility index (Phi) is 5.07. The number of aliphatic hydroxyl groups is 1. The molecule has 0 aromatic heterocycles. The van der Waals surface area contributed by atoms with Gasteiger partial charge in [0.15, 0.2) is 0 Å². The minimum Gasteiger partial charge on any atom is -0.491 e. The SMILES string of the molecule is OCCC#Cc1cccc(OCC2CCCO2)c1. The summed E-state index contributed by atoms with van der Waals surface area (Å²) in [4.78, 5) is 0. The van der Waals surface area contributed by atoms with Gasteiger partial charge in [-0.05, 0) is 31.0 Å². The predicted octanol–water partition coefficient (Wildman–Crippen LogP) is 1.98. The summed E-state index contributed by atoms with van der Waals surface area (Å²) >= 11 is 0. The molecule has 1 N–H and O–H groups in total. The summed E-state index contributed by atoms with van der Waals surface area (Å²) in [6, 6.07) is 7.70. The van der Waals surface area contributed by atoms with Crippen molar-refractivity contribution >= 4 is 0 Å². The summed E-state index contributed by atoms with van der Waals surface area (Å²) in [7, 11) is 0. The van der Waals surface area contributed by atoms with E-state index >= 15 is 0 Å². The molecule has 1 aromatic rings. The number of hydrogen-bond donors (Lipinski definition) is 1. The van der Waals surface area contributed by atoms with Crippen molar-refractivity contribution < 1.29 is 14.6 Å². The van der Waals surface area contributed by atoms with Crippen LogP contribution in [0, 0.1) is 11.8 Å². The second-order valence-corrected chi connectivity index (χ2v) is 4.25. The van der Waals surface area contributed by atoms with Gasteiger partial charge in [0.25, 0.3) is 0 Å². The molecule has 0 bridgehead atoms. The highest BCUT2D eigenvalue weighted by Crippen LogP contribution is 2.16. The summed E-state index contributed by atoms with van der Waals surface area (Å²) in [5.41, 5.74) is 0.910. The molecule has 1 aliphatic heterocycles. The van der Waals surface area contributed by atoms with Crippen LogP contribution >= 0.6 is 0 Å². The molecule has 1 saturated heterocycles. The predicted molar refractivity (Wildman–Crippen MR) is 69.5 cm³/mol. The smallest absolute Gasteiger partial charge is 0.120 e. The van der Waals surface area contributed by atoms with Crippen molar-refractivity contribution in [3.8, 4) is 17.6 Å². The molecular formula is C15H18O3. The summed E-state index contributed by atoms with van der Waals surface area (Å²) < 4.78 is 11.2. The third-order valence-corrected chi connectivity index (χ3v) is 2.76. The Morgan fingerprint density at radius 1 is 1.44 bits per heavy atom. The first-order chi connectivity index (χ1) is 8.88. The Morgan fingerprint density at radius 3 is 3.17 bits per heavy atom. The molecule has 0 saturated carbocycles. The Hall–Kier alpha value is -1.50. The first-order valence-electron chi connectivity index (χ1n) is 6.32. The Bertz CT molecular complexity index is 425. The number of aliphatic hydroxyl groups excluding tert-OH is 1. The van der Waals surface area contributed by atoms with Crippen LogP contribution in [0.2, 0.25) is 0 Å². The van der Waals surface area contributed by atoms with Crippen LogP contribution < -0.4 is 4.74 Å². The molecule has 3 nitrogen and oxygen atoms in total. The summed E-state index contributed by atoms with van der Waals surface area (Å²) in [5, 5.41) is 8.66. The van der Waals surface area contributed by atoms with Crippen molar-refractivity contribution in [2.75, 3.05) is 19.8 Å². The highest BCUT2D eigenvalue weighted by atomic mass is 16.5. The summed E-state index contributed by atoms with van der Waals surface area (Å²) in [6.45, 7) is 1.55. The molecule has 0 amide bonds. The minimum absolute atomic E-state index is 0.0994. The molecule has 1 heterocycles. The van der Waals surface area contributed by atoms with E-state index < -0.39 is 0 Å². The van der Waals surface area contributed by atoms with Crippen molar-refractivity contribution in [3.63, 3.8) is 0 Å². The Balaban J connectivity index is 1.88. The van der Waals surface area contributed by atoms with E-state index in [-0.39, 0.29) is 12.7 Å². The second kappa shape index (κ2) is 7.05. The van der Waals surface area contributed by atoms with E-state index in [1.807, 2.05) is 24.3 Å². The van der Waals surface area contributed by atoms with E-state index in [4.69, 9.17) is 14.6 Å². The third kappa shape index (κ3) is 4.06. The van der Waals surface area contributed by atoms with Crippen molar-refractivity contribution in [3.05, 3.63) is 29.8 Å². The van der Waals surface area contributed by atoms with Crippen molar-refractivity contribution in [1.82, 2.24) is 0 Å². The molecule has 1 atom stereocenters. The van der Waals surface area contributed by atoms with E-state index in [9.17, 15) is 0 Å². The molecule has 1 unspecified atom stereocenters. The van der Waals surface area contributed by atoms with Crippen LogP contribution in [0.3, 0.4) is 0 Å². The van der Waals surface area contributed by atoms with Gasteiger partial charge < -0.3 is 14.6 Å². The molecule has 2 rings (SSSR count). The number of rotatable bonds is 4. The van der Waals surface area contributed by atoms with Gasteiger partial charge in [0, 0.05) is 18.6 Å². The Morgan fingerprint density at radius 2 is 2.39 bits per heavy atom. The molecule has 0 radical (unpaired) electrons. The van der Waals surface area contributed by atoms with Crippen LogP contribution in [0.4, 0.5) is 0 Å². The lowest BCUT2D eigenvalue weighted by Gasteiger charge is -2.11. The van der Waals surface area contributed by atoms with Crippen molar-refractivity contribution in [2.45, 2.75) is 25.4 Å². The minimum atomic E-state index is 0.0994. The fourth-order valence-electron chi connectivity index (χ4n) is 1.85. The standard InChI is InChI=1S/C15H18O3/c16-9-2-1-5-13-6-3-7-14(11-13)18-12-15-8-4-10-17-15/h3,6-7,11,15-16H,2,4,8-10,12H2. The highest BCUT2D eigenvalue weighted by Gasteiger charge is 2.15. The van der Waals surface area contributed by atoms with Gasteiger partial charge in [0.1, 0.15) is 12.4 Å². The zero-order valence-corrected chi connectivity index (χ0v) is 10.4. The zero-order valence-electron chi connectivity index (χ0n) is 10.4. The van der Waals surface area contributed by atoms with E-state index in [0.29, 0.717) is 13.0 Å². The lowest BCUT2D eigenvalue weighted by atomic mass is 10.2. The number of ether oxygens (including phenoxy) is 2. The van der Waals surface area contributed by atoms with Crippen molar-refractivity contribution in [1.29, 1.82) is 0 Å². The number of hydrogen-bond acceptors (Lipinski definition) is 3. The van der Waals surface area contributed by atoms with Gasteiger partial charge in [0.05, 0.1) is 12.7 Å². The molecule has 1 aliphatic rings. The Labute approximate surface area is 108 Å². The zero-order chi connectivity index (χ0) is 12.6. The van der Waals surface area contributed by atoms with Crippen LogP contribution in [0.25, 0.3) is 0 Å². The van der Waals surface area contributed by atoms with Crippen molar-refractivity contribution in [2.24, 2.45) is 0 Å². The quantitative estimate of drug-likeness (QED) is 0.826. The van der Waals surface area contributed by atoms with Gasteiger partial charge in [-0.1, -0.05) is 17.9 Å². The van der Waals surface area contributed by atoms with Gasteiger partial charge in [0.2, 0.25) is 0 Å². The van der Waals surface area contributed by atoms with Crippen LogP contribution in [-0.4, -0.2) is 31.0 Å². The fraction of sp³-hybridized carbons (Fsp3) is 0.467. The molecular weight excluding hydrogens is 228 g/mol. The van der Waals surface area contributed by atoms with Crippen LogP contribution in [0.5, 0.6) is 5.75 Å². The topological polar surface area (TPSA) is 38.7 Å². The molecule has 96 valence electrons. The van der Waals surface area contributed by atoms with E-state index in [2.05, 4.69) is 11.8 Å². The maximum Gasteiger partial charge on any atom is 0.120 e. The van der Waals surface area contributed by atoms with Gasteiger partial charge in [-0.2, -0.15) is 0 Å². The largest absolute Gasteiger partial charge is 0.491 e. The molecule has 3 heteroatoms. The first kappa shape index (κ1) is 12.9. The molecule has 1 aromatic carbocycles. The van der Waals surface area contributed by atoms with Gasteiger partial charge >= 0.3 is 0 Å². The monoisotopic (exact) mass is 246 g/mol. The second-order valence-electron chi connectivity index (χ2n) is 4.25. The van der Waals surface area contributed by atoms with Gasteiger partial charge in [-0.3, -0.25) is 0 Å². The normalized spacial score (nSPS) is 18.2. The van der Waals surface area contributed by atoms with Crippen LogP contribution in [0.1, 0.15) is 24.8 Å². The third-order valence-electron chi connectivity index (χ3n) is 2.76. The van der Waals surface area contributed by atoms with Gasteiger partial charge in [-0.25, -0.2) is 0 Å². The maximum absolute atomic E-state index is 8.66. The lowest BCUT2D eigenvalue weighted by molar-refractivity contribution is 0.0679. The average Bonchev–Trinajstić information content (AvgIpc) is 2.90. The van der Waals surface area contributed by atoms with Crippen LogP contribution in [0.15, 0.2) is 24.3 Å². The number of benzene rings is 1. The van der Waals surface area contributed by atoms with E-state index in [1.165, 1.54) is 0 Å². The van der Waals surface area contributed by atoms with Crippen LogP contribution in [-0.2, 0) is 4.74 Å². The average molecular weight is 246 g/mol. The lowest BCUT2D eigenvalue weighted by Crippen LogP contribution is -2.16. The molecule has 18 heavy (non-hydrogen) atoms. The van der Waals surface area contributed by atoms with Gasteiger partial charge in [-0.15, -0.1) is 0 Å². The van der Waals surface area contributed by atoms with E-state index in [1.54, 1.807) is 0 Å². The summed E-state index contributed by atoms with van der Waals surface area (Å²) in [6.07, 6.45) is 2.94. The maximum atomic E-state index is 8.66. The fourth-order valence-corrected chi connectivity index (χ4v) is 1.85. The molecule has 0 spiro atoms. The first-order valence-corrected chi connectivity index (χ1v) is 6.32. The summed E-state index contributed by atoms with van der Waals surface area (Å²) in [5.74, 6) is 6.71.